The summed E-state index contributed by atoms with van der Waals surface area (Å²) in [6.07, 6.45) is 9.88. The Hall–Kier alpha value is -5.66. The Morgan fingerprint density at radius 1 is 0.896 bits per heavy atom. The Labute approximate surface area is 391 Å². The number of carbonyl (C=O) groups is 4. The first-order valence-corrected chi connectivity index (χ1v) is 24.5. The van der Waals surface area contributed by atoms with Crippen LogP contribution in [0.4, 0.5) is 8.78 Å². The van der Waals surface area contributed by atoms with Crippen LogP contribution < -0.4 is 20.1 Å². The van der Waals surface area contributed by atoms with Gasteiger partial charge in [-0.15, -0.1) is 11.3 Å². The van der Waals surface area contributed by atoms with E-state index >= 15 is 0 Å². The second kappa shape index (κ2) is 20.7. The number of amides is 4. The van der Waals surface area contributed by atoms with Crippen LogP contribution in [0.25, 0.3) is 21.1 Å². The van der Waals surface area contributed by atoms with Crippen molar-refractivity contribution in [2.75, 3.05) is 59.5 Å². The van der Waals surface area contributed by atoms with E-state index in [1.165, 1.54) is 10.6 Å². The number of aromatic nitrogens is 3. The summed E-state index contributed by atoms with van der Waals surface area (Å²) in [4.78, 5) is 67.2. The van der Waals surface area contributed by atoms with E-state index in [0.717, 1.165) is 92.6 Å². The van der Waals surface area contributed by atoms with Crippen LogP contribution in [0.15, 0.2) is 52.5 Å². The van der Waals surface area contributed by atoms with Crippen molar-refractivity contribution >= 4 is 56.1 Å². The molecule has 1 aromatic carbocycles. The number of nitrogens with zero attached hydrogens (tertiary/aromatic N) is 7. The zero-order valence-corrected chi connectivity index (χ0v) is 38.9. The van der Waals surface area contributed by atoms with Gasteiger partial charge in [0.05, 0.1) is 34.4 Å². The zero-order valence-electron chi connectivity index (χ0n) is 38.1. The second-order valence-corrected chi connectivity index (χ2v) is 19.2. The van der Waals surface area contributed by atoms with Crippen molar-refractivity contribution in [1.29, 1.82) is 0 Å². The minimum atomic E-state index is -1.09. The normalized spacial score (nSPS) is 19.8. The molecule has 3 saturated heterocycles. The molecule has 4 amide bonds. The third kappa shape index (κ3) is 10.4. The largest absolute Gasteiger partial charge is 0.489 e. The molecule has 4 aliphatic rings. The number of fused-ring (bicyclic) bond motifs is 2. The average molecular weight is 944 g/mol. The van der Waals surface area contributed by atoms with E-state index in [-0.39, 0.29) is 91.7 Å². The SMILES string of the molecule is CN[C@@H](C)C(=O)N[C@H](C(=O)N1CCN(C(=O)c2cc3cc(F)c(F)cc3n2CC(=O)N2CCC[C@H]2COc2cc(CN3CCC(Oc4ccnc5ccsc45)CC3)on2)CC1)C1CCCCC1. The van der Waals surface area contributed by atoms with Gasteiger partial charge in [0.1, 0.15) is 36.7 Å². The number of likely N-dealkylation sites (tertiary alicyclic amines) is 2. The minimum Gasteiger partial charge on any atom is -0.489 e. The highest BCUT2D eigenvalue weighted by atomic mass is 32.1. The van der Waals surface area contributed by atoms with Crippen molar-refractivity contribution in [3.8, 4) is 11.6 Å². The molecule has 9 rings (SSSR count). The maximum absolute atomic E-state index is 14.8. The van der Waals surface area contributed by atoms with Crippen molar-refractivity contribution in [3.05, 3.63) is 71.1 Å². The van der Waals surface area contributed by atoms with E-state index < -0.39 is 29.6 Å². The lowest BCUT2D eigenvalue weighted by molar-refractivity contribution is -0.140. The topological polar surface area (TPSA) is 168 Å². The number of piperidine rings is 1. The highest BCUT2D eigenvalue weighted by molar-refractivity contribution is 7.17. The Kier molecular flexibility index (Phi) is 14.3. The van der Waals surface area contributed by atoms with Crippen LogP contribution in [0.2, 0.25) is 0 Å². The molecule has 19 heteroatoms. The first-order valence-electron chi connectivity index (χ1n) is 23.7. The standard InChI is InChI=1S/C48H59F2N9O7S/c1-30(51-2)46(61)53-44(31-7-4-3-5-8-31)48(63)57-20-18-56(19-21-57)47(62)40-24-32-23-36(49)37(50)26-39(32)59(40)28-43(60)58-15-6-9-33(58)29-64-42-25-35(66-54-42)27-55-16-11-34(12-17-55)65-41-10-14-52-38-13-22-67-45(38)41/h10,13-14,22-26,30-31,33-34,44,51H,3-9,11-12,15-21,27-29H2,1-2H3,(H,53,61)/t30-,33-,44-/m0/s1. The lowest BCUT2D eigenvalue weighted by atomic mass is 9.83. The lowest BCUT2D eigenvalue weighted by Gasteiger charge is -2.39. The molecule has 0 unspecified atom stereocenters. The second-order valence-electron chi connectivity index (χ2n) is 18.3. The van der Waals surface area contributed by atoms with Crippen molar-refractivity contribution in [2.45, 2.75) is 102 Å². The zero-order chi connectivity index (χ0) is 46.6. The number of benzene rings is 1. The molecule has 4 fully saturated rings. The Morgan fingerprint density at radius 3 is 2.43 bits per heavy atom. The number of nitrogens with one attached hydrogen (secondary N) is 2. The third-order valence-corrected chi connectivity index (χ3v) is 14.9. The van der Waals surface area contributed by atoms with Crippen LogP contribution in [0.5, 0.6) is 11.6 Å². The van der Waals surface area contributed by atoms with Crippen LogP contribution >= 0.6 is 11.3 Å². The number of hydrogen-bond donors (Lipinski definition) is 2. The first-order chi connectivity index (χ1) is 32.5. The molecule has 0 bridgehead atoms. The predicted molar refractivity (Wildman–Crippen MR) is 247 cm³/mol. The molecule has 0 spiro atoms. The van der Waals surface area contributed by atoms with Gasteiger partial charge in [0.2, 0.25) is 17.7 Å². The summed E-state index contributed by atoms with van der Waals surface area (Å²) in [5.41, 5.74) is 1.29. The number of thiophene rings is 1. The van der Waals surface area contributed by atoms with Crippen LogP contribution in [-0.4, -0.2) is 142 Å². The van der Waals surface area contributed by atoms with Crippen molar-refractivity contribution < 1.29 is 42.0 Å². The summed E-state index contributed by atoms with van der Waals surface area (Å²) in [6.45, 7) is 5.25. The molecular weight excluding hydrogens is 885 g/mol. The van der Waals surface area contributed by atoms with E-state index in [2.05, 4.69) is 25.7 Å². The molecule has 358 valence electrons. The van der Waals surface area contributed by atoms with Gasteiger partial charge < -0.3 is 43.9 Å². The minimum absolute atomic E-state index is 0.0304. The van der Waals surface area contributed by atoms with Crippen molar-refractivity contribution in [3.63, 3.8) is 0 Å². The van der Waals surface area contributed by atoms with Gasteiger partial charge in [0, 0.05) is 69.5 Å². The van der Waals surface area contributed by atoms with E-state index in [4.69, 9.17) is 14.0 Å². The fourth-order valence-electron chi connectivity index (χ4n) is 10.1. The average Bonchev–Trinajstić information content (AvgIpc) is 4.19. The maximum Gasteiger partial charge on any atom is 0.270 e. The Bertz CT molecular complexity index is 2560. The summed E-state index contributed by atoms with van der Waals surface area (Å²) in [7, 11) is 1.70. The highest BCUT2D eigenvalue weighted by Crippen LogP contribution is 2.32. The molecule has 1 saturated carbocycles. The molecule has 3 atom stereocenters. The molecule has 16 nitrogen and oxygen atoms in total. The summed E-state index contributed by atoms with van der Waals surface area (Å²) in [6, 6.07) is 7.85. The number of rotatable bonds is 15. The van der Waals surface area contributed by atoms with E-state index in [1.807, 2.05) is 17.5 Å². The van der Waals surface area contributed by atoms with Crippen LogP contribution in [0.3, 0.4) is 0 Å². The maximum atomic E-state index is 14.8. The lowest BCUT2D eigenvalue weighted by Crippen LogP contribution is -2.59. The molecule has 5 aromatic rings. The molecule has 1 aliphatic carbocycles. The number of carbonyl (C=O) groups excluding carboxylic acids is 4. The highest BCUT2D eigenvalue weighted by Gasteiger charge is 2.37. The summed E-state index contributed by atoms with van der Waals surface area (Å²) >= 11 is 1.63. The van der Waals surface area contributed by atoms with Crippen LogP contribution in [0.1, 0.15) is 81.0 Å². The van der Waals surface area contributed by atoms with Crippen LogP contribution in [0, 0.1) is 17.6 Å². The fraction of sp³-hybridized carbons (Fsp3) is 0.542. The predicted octanol–water partition coefficient (Wildman–Crippen LogP) is 5.59. The van der Waals surface area contributed by atoms with Gasteiger partial charge in [0.15, 0.2) is 17.4 Å². The van der Waals surface area contributed by atoms with E-state index in [0.29, 0.717) is 31.2 Å². The summed E-state index contributed by atoms with van der Waals surface area (Å²) in [5, 5.41) is 12.4. The summed E-state index contributed by atoms with van der Waals surface area (Å²) in [5.74, 6) is -1.35. The fourth-order valence-corrected chi connectivity index (χ4v) is 10.9. The van der Waals surface area contributed by atoms with Gasteiger partial charge in [-0.1, -0.05) is 19.3 Å². The van der Waals surface area contributed by atoms with E-state index in [1.54, 1.807) is 52.3 Å². The van der Waals surface area contributed by atoms with Gasteiger partial charge >= 0.3 is 0 Å². The number of hydrogen-bond acceptors (Lipinski definition) is 12. The number of ether oxygens (including phenoxy) is 2. The van der Waals surface area contributed by atoms with Crippen molar-refractivity contribution in [1.82, 2.24) is 44.9 Å². The molecule has 2 N–H and O–H groups in total. The van der Waals surface area contributed by atoms with Gasteiger partial charge in [-0.25, -0.2) is 8.78 Å². The molecular formula is C48H59F2N9O7S. The third-order valence-electron chi connectivity index (χ3n) is 14.0. The quantitative estimate of drug-likeness (QED) is 0.134. The molecule has 4 aromatic heterocycles. The van der Waals surface area contributed by atoms with Crippen LogP contribution in [-0.2, 0) is 27.5 Å². The van der Waals surface area contributed by atoms with Gasteiger partial charge in [-0.2, -0.15) is 0 Å². The first kappa shape index (κ1) is 46.5. The van der Waals surface area contributed by atoms with E-state index in [9.17, 15) is 28.0 Å². The van der Waals surface area contributed by atoms with Gasteiger partial charge in [0.25, 0.3) is 11.8 Å². The smallest absolute Gasteiger partial charge is 0.270 e. The van der Waals surface area contributed by atoms with Gasteiger partial charge in [-0.3, -0.25) is 29.1 Å². The molecule has 0 radical (unpaired) electrons. The monoisotopic (exact) mass is 943 g/mol. The number of pyridine rings is 1. The Balaban J connectivity index is 0.803. The number of piperazine rings is 1. The molecule has 67 heavy (non-hydrogen) atoms. The Morgan fingerprint density at radius 2 is 1.66 bits per heavy atom. The molecule has 3 aliphatic heterocycles. The number of likely N-dealkylation sites (N-methyl/N-ethyl adjacent to an activating group) is 1. The molecule has 7 heterocycles. The summed E-state index contributed by atoms with van der Waals surface area (Å²) < 4.78 is 50.0. The van der Waals surface area contributed by atoms with Crippen molar-refractivity contribution in [2.24, 2.45) is 5.92 Å². The number of halogens is 2. The van der Waals surface area contributed by atoms with Gasteiger partial charge in [-0.05, 0) is 93.2 Å².